The van der Waals surface area contributed by atoms with Gasteiger partial charge in [0.1, 0.15) is 11.0 Å². The minimum Gasteiger partial charge on any atom is -0.351 e. The Morgan fingerprint density at radius 1 is 1.42 bits per heavy atom. The van der Waals surface area contributed by atoms with Crippen molar-refractivity contribution in [1.82, 2.24) is 9.88 Å². The van der Waals surface area contributed by atoms with Crippen molar-refractivity contribution in [3.8, 4) is 0 Å². The van der Waals surface area contributed by atoms with Crippen LogP contribution in [-0.4, -0.2) is 42.0 Å². The van der Waals surface area contributed by atoms with E-state index in [1.54, 1.807) is 25.1 Å². The van der Waals surface area contributed by atoms with Crippen LogP contribution in [0.25, 0.3) is 0 Å². The summed E-state index contributed by atoms with van der Waals surface area (Å²) >= 11 is 6.06. The Bertz CT molecular complexity index is 499. The number of amides is 1. The number of hydrogen-bond donors (Lipinski definition) is 0. The zero-order valence-corrected chi connectivity index (χ0v) is 12.7. The van der Waals surface area contributed by atoms with E-state index in [0.717, 1.165) is 25.2 Å². The van der Waals surface area contributed by atoms with Crippen LogP contribution in [0.3, 0.4) is 0 Å². The highest BCUT2D eigenvalue weighted by Crippen LogP contribution is 2.33. The van der Waals surface area contributed by atoms with Crippen molar-refractivity contribution in [2.24, 2.45) is 0 Å². The molecule has 1 fully saturated rings. The van der Waals surface area contributed by atoms with Crippen LogP contribution in [0.15, 0.2) is 12.1 Å². The topological polar surface area (TPSA) is 36.4 Å². The van der Waals surface area contributed by atoms with Gasteiger partial charge in [0.15, 0.2) is 0 Å². The van der Waals surface area contributed by atoms with Crippen LogP contribution in [0, 0.1) is 0 Å². The average molecular weight is 282 g/mol. The van der Waals surface area contributed by atoms with E-state index in [1.165, 1.54) is 0 Å². The number of aromatic nitrogens is 1. The number of nitrogens with zero attached hydrogens (tertiary/aromatic N) is 3. The number of carbonyl (C=O) groups is 1. The number of hydrogen-bond acceptors (Lipinski definition) is 3. The third kappa shape index (κ3) is 2.84. The molecule has 19 heavy (non-hydrogen) atoms. The highest BCUT2D eigenvalue weighted by molar-refractivity contribution is 6.29. The van der Waals surface area contributed by atoms with Crippen molar-refractivity contribution in [2.45, 2.75) is 32.2 Å². The maximum absolute atomic E-state index is 12.0. The lowest BCUT2D eigenvalue weighted by atomic mass is 10.0. The molecule has 0 saturated carbocycles. The van der Waals surface area contributed by atoms with Crippen molar-refractivity contribution in [1.29, 1.82) is 0 Å². The lowest BCUT2D eigenvalue weighted by Gasteiger charge is -2.33. The summed E-state index contributed by atoms with van der Waals surface area (Å²) in [4.78, 5) is 20.2. The molecule has 1 aromatic heterocycles. The number of pyridine rings is 1. The third-order valence-corrected chi connectivity index (χ3v) is 3.80. The summed E-state index contributed by atoms with van der Waals surface area (Å²) in [5.74, 6) is 0.739. The second-order valence-electron chi connectivity index (χ2n) is 5.80. The molecule has 4 nitrogen and oxygen atoms in total. The zero-order valence-electron chi connectivity index (χ0n) is 11.9. The molecule has 104 valence electrons. The summed E-state index contributed by atoms with van der Waals surface area (Å²) in [6.45, 7) is 5.34. The van der Waals surface area contributed by atoms with Crippen LogP contribution in [0.4, 0.5) is 5.82 Å². The van der Waals surface area contributed by atoms with E-state index in [0.29, 0.717) is 10.7 Å². The predicted octanol–water partition coefficient (Wildman–Crippen LogP) is 2.82. The first kappa shape index (κ1) is 14.1. The van der Waals surface area contributed by atoms with Gasteiger partial charge in [-0.25, -0.2) is 4.98 Å². The molecule has 0 unspecified atom stereocenters. The quantitative estimate of drug-likeness (QED) is 0.782. The smallest absolute Gasteiger partial charge is 0.253 e. The first-order valence-electron chi connectivity index (χ1n) is 6.48. The normalized spacial score (nSPS) is 17.6. The Labute approximate surface area is 119 Å². The molecule has 0 atom stereocenters. The summed E-state index contributed by atoms with van der Waals surface area (Å²) < 4.78 is 0. The summed E-state index contributed by atoms with van der Waals surface area (Å²) in [7, 11) is 3.46. The van der Waals surface area contributed by atoms with Crippen LogP contribution in [0.2, 0.25) is 5.15 Å². The highest BCUT2D eigenvalue weighted by atomic mass is 35.5. The Hall–Kier alpha value is -1.29. The van der Waals surface area contributed by atoms with Crippen LogP contribution in [0.1, 0.15) is 37.0 Å². The standard InChI is InChI=1S/C14H20ClN3O/c1-14(2)6-5-7-18(14)12-9-10(8-11(15)16-12)13(19)17(3)4/h8-9H,5-7H2,1-4H3. The van der Waals surface area contributed by atoms with Crippen molar-refractivity contribution in [3.63, 3.8) is 0 Å². The van der Waals surface area contributed by atoms with Crippen LogP contribution in [0.5, 0.6) is 0 Å². The zero-order chi connectivity index (χ0) is 14.2. The fourth-order valence-corrected chi connectivity index (χ4v) is 2.74. The van der Waals surface area contributed by atoms with E-state index in [4.69, 9.17) is 11.6 Å². The second-order valence-corrected chi connectivity index (χ2v) is 6.19. The number of anilines is 1. The van der Waals surface area contributed by atoms with Crippen molar-refractivity contribution >= 4 is 23.3 Å². The SMILES string of the molecule is CN(C)C(=O)c1cc(Cl)nc(N2CCCC2(C)C)c1. The van der Waals surface area contributed by atoms with Gasteiger partial charge in [-0.05, 0) is 38.8 Å². The van der Waals surface area contributed by atoms with E-state index < -0.39 is 0 Å². The number of carbonyl (C=O) groups excluding carboxylic acids is 1. The molecule has 1 aliphatic rings. The molecule has 0 spiro atoms. The molecule has 1 aromatic rings. The van der Waals surface area contributed by atoms with E-state index in [-0.39, 0.29) is 11.4 Å². The number of halogens is 1. The van der Waals surface area contributed by atoms with Gasteiger partial charge in [-0.3, -0.25) is 4.79 Å². The van der Waals surface area contributed by atoms with Crippen LogP contribution in [-0.2, 0) is 0 Å². The molecule has 0 N–H and O–H groups in total. The fraction of sp³-hybridized carbons (Fsp3) is 0.571. The van der Waals surface area contributed by atoms with E-state index in [9.17, 15) is 4.79 Å². The largest absolute Gasteiger partial charge is 0.351 e. The lowest BCUT2D eigenvalue weighted by molar-refractivity contribution is 0.0827. The highest BCUT2D eigenvalue weighted by Gasteiger charge is 2.33. The molecule has 1 aliphatic heterocycles. The molecule has 1 saturated heterocycles. The van der Waals surface area contributed by atoms with E-state index in [1.807, 2.05) is 6.07 Å². The number of rotatable bonds is 2. The van der Waals surface area contributed by atoms with Gasteiger partial charge in [0.25, 0.3) is 5.91 Å². The van der Waals surface area contributed by atoms with Crippen LogP contribution >= 0.6 is 11.6 Å². The van der Waals surface area contributed by atoms with Gasteiger partial charge in [0, 0.05) is 31.7 Å². The Morgan fingerprint density at radius 3 is 2.63 bits per heavy atom. The molecule has 2 rings (SSSR count). The molecular weight excluding hydrogens is 262 g/mol. The van der Waals surface area contributed by atoms with E-state index >= 15 is 0 Å². The molecule has 0 radical (unpaired) electrons. The van der Waals surface area contributed by atoms with Gasteiger partial charge >= 0.3 is 0 Å². The molecule has 5 heteroatoms. The minimum atomic E-state index is -0.0532. The molecule has 1 amide bonds. The summed E-state index contributed by atoms with van der Waals surface area (Å²) in [6.07, 6.45) is 2.26. The molecule has 0 aliphatic carbocycles. The van der Waals surface area contributed by atoms with Crippen molar-refractivity contribution in [2.75, 3.05) is 25.5 Å². The fourth-order valence-electron chi connectivity index (χ4n) is 2.54. The van der Waals surface area contributed by atoms with Crippen LogP contribution < -0.4 is 4.90 Å². The maximum atomic E-state index is 12.0. The maximum Gasteiger partial charge on any atom is 0.253 e. The average Bonchev–Trinajstić information content (AvgIpc) is 2.67. The van der Waals surface area contributed by atoms with Gasteiger partial charge in [-0.1, -0.05) is 11.6 Å². The monoisotopic (exact) mass is 281 g/mol. The van der Waals surface area contributed by atoms with Gasteiger partial charge in [0.05, 0.1) is 0 Å². The first-order valence-corrected chi connectivity index (χ1v) is 6.86. The van der Waals surface area contributed by atoms with Gasteiger partial charge < -0.3 is 9.80 Å². The first-order chi connectivity index (χ1) is 8.81. The molecular formula is C14H20ClN3O. The molecule has 2 heterocycles. The van der Waals surface area contributed by atoms with Crippen molar-refractivity contribution in [3.05, 3.63) is 22.8 Å². The molecule has 0 aromatic carbocycles. The molecule has 0 bridgehead atoms. The minimum absolute atomic E-state index is 0.0532. The summed E-state index contributed by atoms with van der Waals surface area (Å²) in [6, 6.07) is 3.46. The van der Waals surface area contributed by atoms with Crippen molar-refractivity contribution < 1.29 is 4.79 Å². The Balaban J connectivity index is 2.40. The third-order valence-electron chi connectivity index (χ3n) is 3.61. The summed E-state index contributed by atoms with van der Waals surface area (Å²) in [5.41, 5.74) is 0.651. The van der Waals surface area contributed by atoms with Gasteiger partial charge in [-0.15, -0.1) is 0 Å². The van der Waals surface area contributed by atoms with Gasteiger partial charge in [-0.2, -0.15) is 0 Å². The van der Waals surface area contributed by atoms with Gasteiger partial charge in [0.2, 0.25) is 0 Å². The second kappa shape index (κ2) is 5.00. The lowest BCUT2D eigenvalue weighted by Crippen LogP contribution is -2.38. The predicted molar refractivity (Wildman–Crippen MR) is 77.9 cm³/mol. The van der Waals surface area contributed by atoms with E-state index in [2.05, 4.69) is 23.7 Å². The summed E-state index contributed by atoms with van der Waals surface area (Å²) in [5, 5.41) is 0.366. The Morgan fingerprint density at radius 2 is 2.11 bits per heavy atom. The Kier molecular flexibility index (Phi) is 3.72.